The van der Waals surface area contributed by atoms with Crippen LogP contribution in [0.15, 0.2) is 55.1 Å². The third-order valence-corrected chi connectivity index (χ3v) is 4.26. The van der Waals surface area contributed by atoms with E-state index in [9.17, 15) is 0 Å². The molecule has 5 nitrogen and oxygen atoms in total. The molecule has 0 aliphatic carbocycles. The average Bonchev–Trinajstić information content (AvgIpc) is 2.68. The molecule has 0 saturated carbocycles. The van der Waals surface area contributed by atoms with E-state index in [1.807, 2.05) is 48.5 Å². The summed E-state index contributed by atoms with van der Waals surface area (Å²) < 4.78 is 11.5. The van der Waals surface area contributed by atoms with E-state index in [0.717, 1.165) is 56.9 Å². The molecule has 0 amide bonds. The Kier molecular flexibility index (Phi) is 6.54. The van der Waals surface area contributed by atoms with Crippen LogP contribution in [-0.2, 0) is 4.74 Å². The van der Waals surface area contributed by atoms with Crippen molar-refractivity contribution in [3.63, 3.8) is 0 Å². The number of allylic oxidation sites excluding steroid dienone is 1. The van der Waals surface area contributed by atoms with Gasteiger partial charge in [-0.2, -0.15) is 0 Å². The van der Waals surface area contributed by atoms with Gasteiger partial charge in [0, 0.05) is 31.3 Å². The molecule has 5 heteroatoms. The van der Waals surface area contributed by atoms with Crippen LogP contribution in [0.2, 0.25) is 0 Å². The zero-order chi connectivity index (χ0) is 17.3. The molecule has 3 rings (SSSR count). The fraction of sp³-hybridized carbons (Fsp3) is 0.400. The first-order chi connectivity index (χ1) is 12.3. The minimum absolute atomic E-state index is 0.0768. The van der Waals surface area contributed by atoms with Crippen LogP contribution in [-0.4, -0.2) is 54.0 Å². The van der Waals surface area contributed by atoms with Crippen LogP contribution < -0.4 is 4.74 Å². The number of benzene rings is 1. The molecule has 1 aliphatic rings. The number of nitrogens with zero attached hydrogens (tertiary/aromatic N) is 3. The topological polar surface area (TPSA) is 47.5 Å². The molecule has 1 aromatic carbocycles. The van der Waals surface area contributed by atoms with Crippen molar-refractivity contribution in [2.75, 3.05) is 32.8 Å². The largest absolute Gasteiger partial charge is 0.472 e. The molecule has 1 aliphatic heterocycles. The van der Waals surface area contributed by atoms with Crippen molar-refractivity contribution in [3.05, 3.63) is 55.1 Å². The van der Waals surface area contributed by atoms with Crippen LogP contribution in [0.5, 0.6) is 5.88 Å². The van der Waals surface area contributed by atoms with Crippen molar-refractivity contribution in [1.29, 1.82) is 0 Å². The van der Waals surface area contributed by atoms with E-state index in [0.29, 0.717) is 5.88 Å². The van der Waals surface area contributed by atoms with Gasteiger partial charge in [-0.25, -0.2) is 0 Å². The number of hydrogen-bond acceptors (Lipinski definition) is 5. The van der Waals surface area contributed by atoms with Crippen molar-refractivity contribution < 1.29 is 9.47 Å². The molecule has 1 aromatic heterocycles. The molecular weight excluding hydrogens is 314 g/mol. The van der Waals surface area contributed by atoms with Crippen molar-refractivity contribution in [2.24, 2.45) is 0 Å². The molecule has 0 spiro atoms. The Hall–Kier alpha value is -2.24. The van der Waals surface area contributed by atoms with E-state index in [-0.39, 0.29) is 6.10 Å². The summed E-state index contributed by atoms with van der Waals surface area (Å²) in [5, 5.41) is 8.56. The number of morpholine rings is 1. The molecule has 0 unspecified atom stereocenters. The lowest BCUT2D eigenvalue weighted by atomic mass is 10.1. The van der Waals surface area contributed by atoms with Crippen molar-refractivity contribution in [1.82, 2.24) is 15.1 Å². The summed E-state index contributed by atoms with van der Waals surface area (Å²) in [7, 11) is 0. The van der Waals surface area contributed by atoms with Gasteiger partial charge in [-0.05, 0) is 18.9 Å². The molecule has 1 fully saturated rings. The van der Waals surface area contributed by atoms with Crippen LogP contribution in [0.4, 0.5) is 0 Å². The maximum atomic E-state index is 6.11. The first-order valence-electron chi connectivity index (χ1n) is 8.82. The van der Waals surface area contributed by atoms with Crippen LogP contribution in [0.1, 0.15) is 12.8 Å². The molecule has 0 radical (unpaired) electrons. The summed E-state index contributed by atoms with van der Waals surface area (Å²) in [6, 6.07) is 13.9. The van der Waals surface area contributed by atoms with Crippen LogP contribution in [0, 0.1) is 0 Å². The second-order valence-electron chi connectivity index (χ2n) is 6.14. The molecule has 2 heterocycles. The van der Waals surface area contributed by atoms with Crippen molar-refractivity contribution in [3.8, 4) is 17.1 Å². The lowest BCUT2D eigenvalue weighted by Crippen LogP contribution is -2.42. The van der Waals surface area contributed by atoms with Gasteiger partial charge in [-0.1, -0.05) is 36.4 Å². The van der Waals surface area contributed by atoms with E-state index in [4.69, 9.17) is 9.47 Å². The highest BCUT2D eigenvalue weighted by Gasteiger charge is 2.18. The molecule has 0 bridgehead atoms. The van der Waals surface area contributed by atoms with Crippen molar-refractivity contribution in [2.45, 2.75) is 18.9 Å². The Labute approximate surface area is 149 Å². The Morgan fingerprint density at radius 2 is 1.92 bits per heavy atom. The van der Waals surface area contributed by atoms with E-state index in [2.05, 4.69) is 21.7 Å². The molecule has 2 aromatic rings. The highest BCUT2D eigenvalue weighted by molar-refractivity contribution is 5.58. The summed E-state index contributed by atoms with van der Waals surface area (Å²) in [5.74, 6) is 0.571. The summed E-state index contributed by atoms with van der Waals surface area (Å²) in [5.41, 5.74) is 1.90. The summed E-state index contributed by atoms with van der Waals surface area (Å²) in [6.07, 6.45) is 3.85. The molecule has 25 heavy (non-hydrogen) atoms. The van der Waals surface area contributed by atoms with Gasteiger partial charge < -0.3 is 9.47 Å². The van der Waals surface area contributed by atoms with Gasteiger partial charge in [0.1, 0.15) is 6.10 Å². The summed E-state index contributed by atoms with van der Waals surface area (Å²) in [4.78, 5) is 2.38. The molecule has 132 valence electrons. The minimum Gasteiger partial charge on any atom is -0.472 e. The fourth-order valence-electron chi connectivity index (χ4n) is 2.88. The van der Waals surface area contributed by atoms with E-state index in [1.54, 1.807) is 0 Å². The Morgan fingerprint density at radius 3 is 2.60 bits per heavy atom. The molecule has 1 atom stereocenters. The Bertz CT molecular complexity index is 640. The third-order valence-electron chi connectivity index (χ3n) is 4.26. The summed E-state index contributed by atoms with van der Waals surface area (Å²) in [6.45, 7) is 8.17. The highest BCUT2D eigenvalue weighted by atomic mass is 16.5. The van der Waals surface area contributed by atoms with E-state index in [1.165, 1.54) is 0 Å². The predicted octanol–water partition coefficient (Wildman–Crippen LogP) is 3.19. The van der Waals surface area contributed by atoms with Gasteiger partial charge in [0.05, 0.1) is 18.9 Å². The van der Waals surface area contributed by atoms with E-state index < -0.39 is 0 Å². The average molecular weight is 339 g/mol. The lowest BCUT2D eigenvalue weighted by molar-refractivity contribution is 0.0173. The smallest absolute Gasteiger partial charge is 0.233 e. The molecular formula is C20H25N3O2. The van der Waals surface area contributed by atoms with Gasteiger partial charge in [-0.15, -0.1) is 16.8 Å². The first-order valence-corrected chi connectivity index (χ1v) is 8.82. The molecule has 1 saturated heterocycles. The van der Waals surface area contributed by atoms with Crippen LogP contribution in [0.25, 0.3) is 11.3 Å². The fourth-order valence-corrected chi connectivity index (χ4v) is 2.88. The zero-order valence-corrected chi connectivity index (χ0v) is 14.5. The number of rotatable bonds is 8. The highest BCUT2D eigenvalue weighted by Crippen LogP contribution is 2.18. The minimum atomic E-state index is 0.0768. The van der Waals surface area contributed by atoms with Gasteiger partial charge in [-0.3, -0.25) is 4.90 Å². The second kappa shape index (κ2) is 9.30. The van der Waals surface area contributed by atoms with Gasteiger partial charge in [0.25, 0.3) is 0 Å². The first kappa shape index (κ1) is 17.6. The van der Waals surface area contributed by atoms with Crippen LogP contribution >= 0.6 is 0 Å². The second-order valence-corrected chi connectivity index (χ2v) is 6.14. The number of hydrogen-bond donors (Lipinski definition) is 0. The Balaban J connectivity index is 1.62. The monoisotopic (exact) mass is 339 g/mol. The Morgan fingerprint density at radius 1 is 1.12 bits per heavy atom. The number of ether oxygens (including phenoxy) is 2. The van der Waals surface area contributed by atoms with E-state index >= 15 is 0 Å². The third kappa shape index (κ3) is 5.37. The van der Waals surface area contributed by atoms with Crippen molar-refractivity contribution >= 4 is 0 Å². The summed E-state index contributed by atoms with van der Waals surface area (Å²) >= 11 is 0. The van der Waals surface area contributed by atoms with Gasteiger partial charge >= 0.3 is 0 Å². The number of aromatic nitrogens is 2. The normalized spacial score (nSPS) is 16.3. The zero-order valence-electron chi connectivity index (χ0n) is 14.5. The maximum Gasteiger partial charge on any atom is 0.233 e. The van der Waals surface area contributed by atoms with Gasteiger partial charge in [0.2, 0.25) is 5.88 Å². The lowest BCUT2D eigenvalue weighted by Gasteiger charge is -2.30. The quantitative estimate of drug-likeness (QED) is 0.691. The SMILES string of the molecule is C=CCC[C@@H](CN1CCOCC1)Oc1ccc(-c2ccccc2)nn1. The van der Waals surface area contributed by atoms with Crippen LogP contribution in [0.3, 0.4) is 0 Å². The molecule has 0 N–H and O–H groups in total. The standard InChI is InChI=1S/C20H25N3O2/c1-2-3-9-18(16-23-12-14-24-15-13-23)25-20-11-10-19(21-22-20)17-7-5-4-6-8-17/h2,4-8,10-11,18H,1,3,9,12-16H2/t18-/m0/s1. The van der Waals surface area contributed by atoms with Gasteiger partial charge in [0.15, 0.2) is 0 Å². The predicted molar refractivity (Wildman–Crippen MR) is 98.6 cm³/mol. The maximum absolute atomic E-state index is 6.11.